The average Bonchev–Trinajstić information content (AvgIpc) is 2.37. The van der Waals surface area contributed by atoms with Gasteiger partial charge in [0.2, 0.25) is 0 Å². The number of rotatable bonds is 2. The Hall–Kier alpha value is -2.12. The van der Waals surface area contributed by atoms with E-state index in [1.54, 1.807) is 31.2 Å². The van der Waals surface area contributed by atoms with Gasteiger partial charge in [-0.2, -0.15) is 10.4 Å². The Labute approximate surface area is 110 Å². The molecule has 0 fully saturated rings. The van der Waals surface area contributed by atoms with E-state index in [-0.39, 0.29) is 5.88 Å². The Bertz CT molecular complexity index is 635. The molecule has 0 saturated carbocycles. The van der Waals surface area contributed by atoms with E-state index in [0.717, 1.165) is 5.56 Å². The van der Waals surface area contributed by atoms with Crippen LogP contribution in [0.1, 0.15) is 16.8 Å². The number of nitrogens with zero attached hydrogens (tertiary/aromatic N) is 3. The van der Waals surface area contributed by atoms with Crippen LogP contribution in [0.3, 0.4) is 0 Å². The highest BCUT2D eigenvalue weighted by molar-refractivity contribution is 6.32. The fraction of sp³-hybridized carbons (Fsp3) is 0.154. The zero-order chi connectivity index (χ0) is 13.1. The van der Waals surface area contributed by atoms with Crippen LogP contribution in [-0.4, -0.2) is 10.2 Å². The van der Waals surface area contributed by atoms with Gasteiger partial charge in [0, 0.05) is 0 Å². The van der Waals surface area contributed by atoms with E-state index in [1.165, 1.54) is 0 Å². The van der Waals surface area contributed by atoms with Gasteiger partial charge in [-0.15, -0.1) is 5.10 Å². The predicted octanol–water partition coefficient (Wildman–Crippen LogP) is 3.41. The molecule has 0 aliphatic rings. The van der Waals surface area contributed by atoms with Crippen LogP contribution in [0.5, 0.6) is 11.6 Å². The van der Waals surface area contributed by atoms with Crippen molar-refractivity contribution in [2.45, 2.75) is 13.8 Å². The number of ether oxygens (including phenoxy) is 1. The van der Waals surface area contributed by atoms with Crippen molar-refractivity contribution in [1.82, 2.24) is 10.2 Å². The minimum atomic E-state index is 0.175. The molecule has 2 rings (SSSR count). The summed E-state index contributed by atoms with van der Waals surface area (Å²) in [5, 5.41) is 17.4. The maximum Gasteiger partial charge on any atom is 0.257 e. The number of aromatic nitrogens is 2. The van der Waals surface area contributed by atoms with Gasteiger partial charge in [-0.3, -0.25) is 0 Å². The van der Waals surface area contributed by atoms with E-state index in [9.17, 15) is 0 Å². The number of para-hydroxylation sites is 1. The topological polar surface area (TPSA) is 58.8 Å². The fourth-order valence-electron chi connectivity index (χ4n) is 1.42. The molecule has 0 saturated heterocycles. The third kappa shape index (κ3) is 2.27. The second-order valence-electron chi connectivity index (χ2n) is 3.73. The monoisotopic (exact) mass is 259 g/mol. The van der Waals surface area contributed by atoms with Gasteiger partial charge in [0.25, 0.3) is 5.88 Å². The molecule has 0 radical (unpaired) electrons. The molecular formula is C13H10ClN3O. The maximum atomic E-state index is 9.14. The van der Waals surface area contributed by atoms with Crippen molar-refractivity contribution in [3.8, 4) is 17.7 Å². The first-order chi connectivity index (χ1) is 8.63. The molecule has 1 aromatic heterocycles. The molecule has 0 bridgehead atoms. The summed E-state index contributed by atoms with van der Waals surface area (Å²) in [6.45, 7) is 3.60. The average molecular weight is 260 g/mol. The van der Waals surface area contributed by atoms with Crippen LogP contribution in [0.4, 0.5) is 0 Å². The number of aryl methyl sites for hydroxylation is 1. The van der Waals surface area contributed by atoms with Crippen molar-refractivity contribution >= 4 is 11.6 Å². The minimum absolute atomic E-state index is 0.175. The molecule has 1 aromatic carbocycles. The van der Waals surface area contributed by atoms with Gasteiger partial charge < -0.3 is 4.74 Å². The molecule has 0 aliphatic heterocycles. The molecular weight excluding hydrogens is 250 g/mol. The largest absolute Gasteiger partial charge is 0.435 e. The summed E-state index contributed by atoms with van der Waals surface area (Å²) in [7, 11) is 0. The highest BCUT2D eigenvalue weighted by atomic mass is 35.5. The van der Waals surface area contributed by atoms with Gasteiger partial charge in [0.15, 0.2) is 0 Å². The lowest BCUT2D eigenvalue weighted by Crippen LogP contribution is -2.00. The van der Waals surface area contributed by atoms with Gasteiger partial charge in [0.05, 0.1) is 10.7 Å². The van der Waals surface area contributed by atoms with Crippen LogP contribution in [0.15, 0.2) is 24.3 Å². The molecule has 0 atom stereocenters. The van der Waals surface area contributed by atoms with Crippen LogP contribution >= 0.6 is 11.6 Å². The molecule has 4 nitrogen and oxygen atoms in total. The molecule has 0 aliphatic carbocycles. The first-order valence-corrected chi connectivity index (χ1v) is 5.67. The lowest BCUT2D eigenvalue weighted by molar-refractivity contribution is 0.452. The van der Waals surface area contributed by atoms with Gasteiger partial charge in [-0.25, -0.2) is 0 Å². The first kappa shape index (κ1) is 12.3. The van der Waals surface area contributed by atoms with E-state index in [2.05, 4.69) is 16.3 Å². The van der Waals surface area contributed by atoms with E-state index >= 15 is 0 Å². The Kier molecular flexibility index (Phi) is 3.45. The van der Waals surface area contributed by atoms with Crippen molar-refractivity contribution in [3.63, 3.8) is 0 Å². The SMILES string of the molecule is Cc1nnc(Oc2ccccc2Cl)c(C#N)c1C. The van der Waals surface area contributed by atoms with Crippen LogP contribution in [0.25, 0.3) is 0 Å². The Balaban J connectivity index is 2.45. The van der Waals surface area contributed by atoms with Gasteiger partial charge in [-0.1, -0.05) is 23.7 Å². The van der Waals surface area contributed by atoms with E-state index in [0.29, 0.717) is 22.0 Å². The van der Waals surface area contributed by atoms with Crippen LogP contribution < -0.4 is 4.74 Å². The van der Waals surface area contributed by atoms with Crippen molar-refractivity contribution in [2.75, 3.05) is 0 Å². The molecule has 1 heterocycles. The molecule has 90 valence electrons. The summed E-state index contributed by atoms with van der Waals surface area (Å²) < 4.78 is 5.54. The highest BCUT2D eigenvalue weighted by Gasteiger charge is 2.13. The summed E-state index contributed by atoms with van der Waals surface area (Å²) >= 11 is 5.98. The van der Waals surface area contributed by atoms with E-state index < -0.39 is 0 Å². The van der Waals surface area contributed by atoms with Crippen LogP contribution in [0.2, 0.25) is 5.02 Å². The molecule has 0 spiro atoms. The summed E-state index contributed by atoms with van der Waals surface area (Å²) in [5.41, 5.74) is 1.84. The lowest BCUT2D eigenvalue weighted by Gasteiger charge is -2.09. The Morgan fingerprint density at radius 3 is 2.61 bits per heavy atom. The summed E-state index contributed by atoms with van der Waals surface area (Å²) in [5.74, 6) is 0.627. The third-order valence-corrected chi connectivity index (χ3v) is 2.89. The predicted molar refractivity (Wildman–Crippen MR) is 67.7 cm³/mol. The Morgan fingerprint density at radius 2 is 1.94 bits per heavy atom. The summed E-state index contributed by atoms with van der Waals surface area (Å²) in [6.07, 6.45) is 0. The number of halogens is 1. The zero-order valence-corrected chi connectivity index (χ0v) is 10.7. The molecule has 0 N–H and O–H groups in total. The van der Waals surface area contributed by atoms with Gasteiger partial charge in [0.1, 0.15) is 17.4 Å². The standard InChI is InChI=1S/C13H10ClN3O/c1-8-9(2)16-17-13(10(8)7-15)18-12-6-4-3-5-11(12)14/h3-6H,1-2H3. The fourth-order valence-corrected chi connectivity index (χ4v) is 1.60. The number of nitriles is 1. The normalized spacial score (nSPS) is 9.89. The lowest BCUT2D eigenvalue weighted by atomic mass is 10.1. The van der Waals surface area contributed by atoms with Gasteiger partial charge >= 0.3 is 0 Å². The number of hydrogen-bond donors (Lipinski definition) is 0. The van der Waals surface area contributed by atoms with Crippen molar-refractivity contribution in [2.24, 2.45) is 0 Å². The third-order valence-electron chi connectivity index (χ3n) is 2.58. The number of benzene rings is 1. The summed E-state index contributed by atoms with van der Waals surface area (Å²) in [4.78, 5) is 0. The second kappa shape index (κ2) is 5.03. The first-order valence-electron chi connectivity index (χ1n) is 5.30. The quantitative estimate of drug-likeness (QED) is 0.829. The number of hydrogen-bond acceptors (Lipinski definition) is 4. The highest BCUT2D eigenvalue weighted by Crippen LogP contribution is 2.30. The van der Waals surface area contributed by atoms with Crippen LogP contribution in [0, 0.1) is 25.2 Å². The minimum Gasteiger partial charge on any atom is -0.435 e. The molecule has 2 aromatic rings. The molecule has 5 heteroatoms. The second-order valence-corrected chi connectivity index (χ2v) is 4.14. The van der Waals surface area contributed by atoms with Crippen molar-refractivity contribution in [1.29, 1.82) is 5.26 Å². The zero-order valence-electron chi connectivity index (χ0n) is 9.94. The smallest absolute Gasteiger partial charge is 0.257 e. The van der Waals surface area contributed by atoms with E-state index in [1.807, 2.05) is 6.92 Å². The molecule has 0 unspecified atom stereocenters. The molecule has 0 amide bonds. The maximum absolute atomic E-state index is 9.14. The summed E-state index contributed by atoms with van der Waals surface area (Å²) in [6, 6.07) is 9.08. The van der Waals surface area contributed by atoms with Gasteiger partial charge in [-0.05, 0) is 31.5 Å². The Morgan fingerprint density at radius 1 is 1.22 bits per heavy atom. The van der Waals surface area contributed by atoms with Crippen LogP contribution in [-0.2, 0) is 0 Å². The molecule has 18 heavy (non-hydrogen) atoms. The van der Waals surface area contributed by atoms with E-state index in [4.69, 9.17) is 21.6 Å². The van der Waals surface area contributed by atoms with Crippen molar-refractivity contribution in [3.05, 3.63) is 46.1 Å². The van der Waals surface area contributed by atoms with Crippen molar-refractivity contribution < 1.29 is 4.74 Å².